The van der Waals surface area contributed by atoms with Gasteiger partial charge in [0.2, 0.25) is 0 Å². The first-order chi connectivity index (χ1) is 9.27. The van der Waals surface area contributed by atoms with Crippen molar-refractivity contribution < 1.29 is 8.76 Å². The zero-order chi connectivity index (χ0) is 14.2. The maximum Gasteiger partial charge on any atom is 0.152 e. The predicted octanol–water partition coefficient (Wildman–Crippen LogP) is 5.69. The highest BCUT2D eigenvalue weighted by Crippen LogP contribution is 2.12. The van der Waals surface area contributed by atoms with Gasteiger partial charge in [-0.25, -0.2) is 4.21 Å². The molecule has 0 aliphatic carbocycles. The molecule has 0 heterocycles. The minimum atomic E-state index is -1.58. The maximum absolute atomic E-state index is 10.4. The van der Waals surface area contributed by atoms with Gasteiger partial charge in [0.25, 0.3) is 0 Å². The van der Waals surface area contributed by atoms with Crippen LogP contribution in [0.25, 0.3) is 0 Å². The first-order valence-corrected chi connectivity index (χ1v) is 9.62. The van der Waals surface area contributed by atoms with Crippen molar-refractivity contribution in [2.24, 2.45) is 0 Å². The summed E-state index contributed by atoms with van der Waals surface area (Å²) >= 11 is -1.58. The van der Waals surface area contributed by atoms with E-state index >= 15 is 0 Å². The second-order valence-electron chi connectivity index (χ2n) is 5.62. The Bertz CT molecular complexity index is 195. The summed E-state index contributed by atoms with van der Waals surface area (Å²) in [4.78, 5) is 0. The Morgan fingerprint density at radius 3 is 1.26 bits per heavy atom. The minimum absolute atomic E-state index is 0.456. The van der Waals surface area contributed by atoms with Gasteiger partial charge in [-0.15, -0.1) is 0 Å². The molecule has 0 aromatic rings. The first kappa shape index (κ1) is 19.1. The molecule has 0 fully saturated rings. The zero-order valence-corrected chi connectivity index (χ0v) is 13.7. The van der Waals surface area contributed by atoms with Crippen molar-refractivity contribution in [3.63, 3.8) is 0 Å². The number of hydrogen-bond acceptors (Lipinski definition) is 1. The van der Waals surface area contributed by atoms with Gasteiger partial charge in [0, 0.05) is 5.75 Å². The van der Waals surface area contributed by atoms with E-state index in [1.54, 1.807) is 0 Å². The van der Waals surface area contributed by atoms with Crippen molar-refractivity contribution >= 4 is 11.1 Å². The summed E-state index contributed by atoms with van der Waals surface area (Å²) in [5.74, 6) is 0.456. The lowest BCUT2D eigenvalue weighted by Gasteiger charge is -2.02. The van der Waals surface area contributed by atoms with Gasteiger partial charge < -0.3 is 4.55 Å². The molecule has 1 unspecified atom stereocenters. The quantitative estimate of drug-likeness (QED) is 0.311. The normalized spacial score (nSPS) is 12.7. The molecule has 1 N–H and O–H groups in total. The summed E-state index contributed by atoms with van der Waals surface area (Å²) in [7, 11) is 0. The maximum atomic E-state index is 10.4. The summed E-state index contributed by atoms with van der Waals surface area (Å²) < 4.78 is 19.0. The van der Waals surface area contributed by atoms with Crippen LogP contribution in [0.4, 0.5) is 0 Å². The zero-order valence-electron chi connectivity index (χ0n) is 12.9. The van der Waals surface area contributed by atoms with E-state index in [2.05, 4.69) is 6.92 Å². The van der Waals surface area contributed by atoms with Gasteiger partial charge >= 0.3 is 0 Å². The highest BCUT2D eigenvalue weighted by atomic mass is 32.2. The first-order valence-electron chi connectivity index (χ1n) is 8.35. The summed E-state index contributed by atoms with van der Waals surface area (Å²) in [5, 5.41) is 0. The van der Waals surface area contributed by atoms with Crippen molar-refractivity contribution in [3.05, 3.63) is 0 Å². The Morgan fingerprint density at radius 2 is 0.947 bits per heavy atom. The van der Waals surface area contributed by atoms with Crippen LogP contribution < -0.4 is 0 Å². The largest absolute Gasteiger partial charge is 0.306 e. The van der Waals surface area contributed by atoms with E-state index < -0.39 is 11.1 Å². The van der Waals surface area contributed by atoms with Crippen LogP contribution in [0, 0.1) is 0 Å². The second kappa shape index (κ2) is 16.2. The van der Waals surface area contributed by atoms with Crippen molar-refractivity contribution in [1.82, 2.24) is 0 Å². The standard InChI is InChI=1S/C16H34O2S/c1-2-3-4-5-6-7-8-9-10-11-12-13-14-15-16-19(17)18/h2-16H2,1H3,(H,17,18). The molecule has 0 amide bonds. The molecular formula is C16H34O2S. The summed E-state index contributed by atoms with van der Waals surface area (Å²) in [6.07, 6.45) is 18.5. The van der Waals surface area contributed by atoms with Crippen LogP contribution in [-0.2, 0) is 11.1 Å². The van der Waals surface area contributed by atoms with Gasteiger partial charge in [0.15, 0.2) is 11.1 Å². The third-order valence-electron chi connectivity index (χ3n) is 3.67. The molecule has 0 aliphatic heterocycles. The lowest BCUT2D eigenvalue weighted by Crippen LogP contribution is -1.94. The van der Waals surface area contributed by atoms with Crippen LogP contribution in [0.1, 0.15) is 96.8 Å². The smallest absolute Gasteiger partial charge is 0.152 e. The minimum Gasteiger partial charge on any atom is -0.306 e. The Kier molecular flexibility index (Phi) is 16.3. The molecule has 0 aromatic carbocycles. The molecule has 0 aliphatic rings. The molecule has 0 saturated heterocycles. The van der Waals surface area contributed by atoms with E-state index in [-0.39, 0.29) is 0 Å². The molecule has 0 radical (unpaired) electrons. The number of rotatable bonds is 15. The molecule has 19 heavy (non-hydrogen) atoms. The summed E-state index contributed by atoms with van der Waals surface area (Å²) in [6, 6.07) is 0. The topological polar surface area (TPSA) is 37.3 Å². The Morgan fingerprint density at radius 1 is 0.632 bits per heavy atom. The molecule has 3 heteroatoms. The fourth-order valence-corrected chi connectivity index (χ4v) is 2.87. The monoisotopic (exact) mass is 290 g/mol. The van der Waals surface area contributed by atoms with Crippen LogP contribution in [0.2, 0.25) is 0 Å². The van der Waals surface area contributed by atoms with Gasteiger partial charge in [-0.3, -0.25) is 0 Å². The van der Waals surface area contributed by atoms with Gasteiger partial charge in [-0.1, -0.05) is 90.4 Å². The predicted molar refractivity (Wildman–Crippen MR) is 86.0 cm³/mol. The third kappa shape index (κ3) is 18.1. The Balaban J connectivity index is 2.93. The van der Waals surface area contributed by atoms with Gasteiger partial charge in [-0.2, -0.15) is 0 Å². The molecule has 2 nitrogen and oxygen atoms in total. The second-order valence-corrected chi connectivity index (χ2v) is 6.67. The summed E-state index contributed by atoms with van der Waals surface area (Å²) in [6.45, 7) is 2.27. The van der Waals surface area contributed by atoms with Crippen LogP contribution >= 0.6 is 0 Å². The van der Waals surface area contributed by atoms with Gasteiger partial charge in [0.1, 0.15) is 0 Å². The van der Waals surface area contributed by atoms with Crippen LogP contribution in [0.5, 0.6) is 0 Å². The molecular weight excluding hydrogens is 256 g/mol. The van der Waals surface area contributed by atoms with Gasteiger partial charge in [-0.05, 0) is 6.42 Å². The number of unbranched alkanes of at least 4 members (excludes halogenated alkanes) is 13. The van der Waals surface area contributed by atoms with Crippen molar-refractivity contribution in [1.29, 1.82) is 0 Å². The molecule has 0 aromatic heterocycles. The molecule has 0 bridgehead atoms. The highest BCUT2D eigenvalue weighted by molar-refractivity contribution is 7.79. The van der Waals surface area contributed by atoms with Crippen molar-refractivity contribution in [2.75, 3.05) is 5.75 Å². The van der Waals surface area contributed by atoms with E-state index in [0.717, 1.165) is 12.8 Å². The third-order valence-corrected chi connectivity index (χ3v) is 4.31. The van der Waals surface area contributed by atoms with Gasteiger partial charge in [0.05, 0.1) is 0 Å². The highest BCUT2D eigenvalue weighted by Gasteiger charge is 1.95. The van der Waals surface area contributed by atoms with Crippen LogP contribution in [-0.4, -0.2) is 14.5 Å². The Labute approximate surface area is 123 Å². The molecule has 1 atom stereocenters. The lowest BCUT2D eigenvalue weighted by atomic mass is 10.0. The molecule has 0 saturated carbocycles. The molecule has 116 valence electrons. The SMILES string of the molecule is CCCCCCCCCCCCCCCCS(=O)O. The number of hydrogen-bond donors (Lipinski definition) is 1. The fraction of sp³-hybridized carbons (Fsp3) is 1.00. The summed E-state index contributed by atoms with van der Waals surface area (Å²) in [5.41, 5.74) is 0. The average molecular weight is 291 g/mol. The lowest BCUT2D eigenvalue weighted by molar-refractivity contribution is 0.535. The molecule has 0 spiro atoms. The van der Waals surface area contributed by atoms with Crippen molar-refractivity contribution in [2.45, 2.75) is 96.8 Å². The van der Waals surface area contributed by atoms with E-state index in [1.165, 1.54) is 77.0 Å². The van der Waals surface area contributed by atoms with Crippen molar-refractivity contribution in [3.8, 4) is 0 Å². The van der Waals surface area contributed by atoms with Crippen LogP contribution in [0.3, 0.4) is 0 Å². The van der Waals surface area contributed by atoms with E-state index in [9.17, 15) is 4.21 Å². The average Bonchev–Trinajstić information content (AvgIpc) is 2.39. The Hall–Kier alpha value is 0.110. The fourth-order valence-electron chi connectivity index (χ4n) is 2.42. The van der Waals surface area contributed by atoms with E-state index in [4.69, 9.17) is 4.55 Å². The molecule has 0 rings (SSSR count). The van der Waals surface area contributed by atoms with E-state index in [0.29, 0.717) is 5.75 Å². The van der Waals surface area contributed by atoms with E-state index in [1.807, 2.05) is 0 Å². The van der Waals surface area contributed by atoms with Crippen LogP contribution in [0.15, 0.2) is 0 Å².